The zero-order chi connectivity index (χ0) is 21.1. The number of nitrogens with one attached hydrogen (secondary N) is 2. The summed E-state index contributed by atoms with van der Waals surface area (Å²) in [5.41, 5.74) is 0. The van der Waals surface area contributed by atoms with Crippen LogP contribution in [0.2, 0.25) is 0 Å². The van der Waals surface area contributed by atoms with E-state index in [4.69, 9.17) is 10.2 Å². The molecule has 0 aliphatic carbocycles. The van der Waals surface area contributed by atoms with Crippen LogP contribution in [0, 0.1) is 0 Å². The summed E-state index contributed by atoms with van der Waals surface area (Å²) >= 11 is 0. The molecule has 164 valence electrons. The Bertz CT molecular complexity index is 442. The highest BCUT2D eigenvalue weighted by Gasteiger charge is 2.29. The molecule has 0 spiro atoms. The Morgan fingerprint density at radius 2 is 1.07 bits per heavy atom. The van der Waals surface area contributed by atoms with E-state index in [0.717, 1.165) is 0 Å². The van der Waals surface area contributed by atoms with Gasteiger partial charge >= 0.3 is 11.9 Å². The van der Waals surface area contributed by atoms with Crippen LogP contribution in [0.25, 0.3) is 0 Å². The molecule has 4 atom stereocenters. The first kappa shape index (κ1) is 24.7. The molecule has 1 rings (SSSR count). The molecule has 1 aliphatic heterocycles. The van der Waals surface area contributed by atoms with E-state index in [9.17, 15) is 30.0 Å². The molecule has 0 aromatic rings. The average Bonchev–Trinajstić information content (AvgIpc) is 2.64. The molecule has 12 heteroatoms. The number of hydrogen-bond acceptors (Lipinski definition) is 10. The normalized spacial score (nSPS) is 29.0. The molecule has 28 heavy (non-hydrogen) atoms. The predicted molar refractivity (Wildman–Crippen MR) is 97.9 cm³/mol. The van der Waals surface area contributed by atoms with Gasteiger partial charge in [-0.2, -0.15) is 0 Å². The van der Waals surface area contributed by atoms with Gasteiger partial charge in [0.2, 0.25) is 0 Å². The molecule has 0 amide bonds. The van der Waals surface area contributed by atoms with Crippen LogP contribution in [0.3, 0.4) is 0 Å². The lowest BCUT2D eigenvalue weighted by molar-refractivity contribution is -0.140. The number of carboxylic acids is 2. The third-order valence-corrected chi connectivity index (χ3v) is 4.77. The Morgan fingerprint density at radius 1 is 0.714 bits per heavy atom. The maximum Gasteiger partial charge on any atom is 0.317 e. The lowest BCUT2D eigenvalue weighted by Crippen LogP contribution is -2.59. The van der Waals surface area contributed by atoms with Crippen LogP contribution in [0.1, 0.15) is 0 Å². The summed E-state index contributed by atoms with van der Waals surface area (Å²) in [6.45, 7) is -1.44. The van der Waals surface area contributed by atoms with Crippen LogP contribution >= 0.6 is 0 Å². The maximum atomic E-state index is 11.2. The zero-order valence-corrected chi connectivity index (χ0v) is 15.8. The molecule has 1 heterocycles. The van der Waals surface area contributed by atoms with Crippen molar-refractivity contribution in [2.24, 2.45) is 0 Å². The summed E-state index contributed by atoms with van der Waals surface area (Å²) < 4.78 is 0. The summed E-state index contributed by atoms with van der Waals surface area (Å²) in [6, 6.07) is -2.24. The average molecular weight is 408 g/mol. The Balaban J connectivity index is 3.08. The van der Waals surface area contributed by atoms with Crippen LogP contribution in [0.4, 0.5) is 0 Å². The highest BCUT2D eigenvalue weighted by molar-refractivity contribution is 5.69. The summed E-state index contributed by atoms with van der Waals surface area (Å²) in [5.74, 6) is -2.16. The first-order valence-corrected chi connectivity index (χ1v) is 9.16. The minimum atomic E-state index is -1.08. The van der Waals surface area contributed by atoms with Crippen molar-refractivity contribution < 1.29 is 40.2 Å². The smallest absolute Gasteiger partial charge is 0.317 e. The first-order chi connectivity index (χ1) is 13.3. The monoisotopic (exact) mass is 408 g/mol. The minimum absolute atomic E-state index is 0.122. The second-order valence-corrected chi connectivity index (χ2v) is 6.89. The number of carboxylic acid groups (broad SMARTS) is 2. The van der Waals surface area contributed by atoms with Gasteiger partial charge in [0.25, 0.3) is 0 Å². The van der Waals surface area contributed by atoms with E-state index < -0.39 is 36.1 Å². The third kappa shape index (κ3) is 8.32. The van der Waals surface area contributed by atoms with Crippen molar-refractivity contribution in [3.05, 3.63) is 0 Å². The number of rotatable bonds is 8. The molecule has 1 fully saturated rings. The largest absolute Gasteiger partial charge is 0.480 e. The molecule has 0 aromatic carbocycles. The van der Waals surface area contributed by atoms with Gasteiger partial charge in [-0.3, -0.25) is 19.4 Å². The Kier molecular flexibility index (Phi) is 11.4. The highest BCUT2D eigenvalue weighted by Crippen LogP contribution is 2.07. The van der Waals surface area contributed by atoms with Crippen molar-refractivity contribution in [3.8, 4) is 0 Å². The summed E-state index contributed by atoms with van der Waals surface area (Å²) in [5, 5.41) is 63.1. The van der Waals surface area contributed by atoms with E-state index in [1.54, 1.807) is 0 Å². The summed E-state index contributed by atoms with van der Waals surface area (Å²) in [4.78, 5) is 25.4. The van der Waals surface area contributed by atoms with Crippen molar-refractivity contribution in [3.63, 3.8) is 0 Å². The maximum absolute atomic E-state index is 11.2. The van der Waals surface area contributed by atoms with Gasteiger partial charge in [0.15, 0.2) is 0 Å². The summed E-state index contributed by atoms with van der Waals surface area (Å²) in [7, 11) is 0. The van der Waals surface area contributed by atoms with Crippen molar-refractivity contribution in [2.75, 3.05) is 65.7 Å². The van der Waals surface area contributed by atoms with E-state index in [-0.39, 0.29) is 65.7 Å². The van der Waals surface area contributed by atoms with Crippen molar-refractivity contribution in [1.82, 2.24) is 20.4 Å². The van der Waals surface area contributed by atoms with E-state index in [1.807, 2.05) is 0 Å². The number of hydrogen-bond donors (Lipinski definition) is 8. The molecule has 1 saturated heterocycles. The molecule has 1 aliphatic rings. The van der Waals surface area contributed by atoms with Crippen LogP contribution in [-0.4, -0.2) is 142 Å². The number of nitrogens with zero attached hydrogens (tertiary/aromatic N) is 2. The van der Waals surface area contributed by atoms with Crippen LogP contribution in [0.15, 0.2) is 0 Å². The second kappa shape index (κ2) is 13.0. The zero-order valence-electron chi connectivity index (χ0n) is 15.8. The van der Waals surface area contributed by atoms with Gasteiger partial charge in [0.1, 0.15) is 0 Å². The number of aliphatic hydroxyl groups excluding tert-OH is 4. The van der Waals surface area contributed by atoms with Gasteiger partial charge in [-0.05, 0) is 0 Å². The molecule has 0 saturated carbocycles. The number of aliphatic carboxylic acids is 2. The van der Waals surface area contributed by atoms with Crippen molar-refractivity contribution in [2.45, 2.75) is 24.2 Å². The first-order valence-electron chi connectivity index (χ1n) is 9.16. The van der Waals surface area contributed by atoms with E-state index in [1.165, 1.54) is 9.80 Å². The van der Waals surface area contributed by atoms with Crippen LogP contribution in [0.5, 0.6) is 0 Å². The Labute approximate surface area is 163 Å². The lowest BCUT2D eigenvalue weighted by Gasteiger charge is -2.37. The fraction of sp³-hybridized carbons (Fsp3) is 0.875. The van der Waals surface area contributed by atoms with Crippen molar-refractivity contribution >= 4 is 11.9 Å². The Hall–Kier alpha value is -1.38. The lowest BCUT2D eigenvalue weighted by atomic mass is 10.1. The second-order valence-electron chi connectivity index (χ2n) is 6.89. The quantitative estimate of drug-likeness (QED) is 0.192. The SMILES string of the molecule is O=C(O)CN1C[C@H](CO)NC[C@H](CO)N(CC(=O)O)C[C@H](CO)NC[C@@H]1CO. The third-order valence-electron chi connectivity index (χ3n) is 4.77. The van der Waals surface area contributed by atoms with E-state index in [2.05, 4.69) is 10.6 Å². The number of aliphatic hydroxyl groups is 4. The molecule has 0 bridgehead atoms. The molecule has 12 nitrogen and oxygen atoms in total. The summed E-state index contributed by atoms with van der Waals surface area (Å²) in [6.07, 6.45) is 0. The standard InChI is InChI=1S/C16H32N4O8/c21-7-11-3-20(6-16(27)28)14(10-24)2-18-12(8-22)4-19(5-15(25)26)13(9-23)1-17-11/h11-14,17-18,21-24H,1-10H2,(H,25,26)(H,27,28)/t11-,12-,13-,14-/m1/s1. The Morgan fingerprint density at radius 3 is 1.32 bits per heavy atom. The van der Waals surface area contributed by atoms with Gasteiger partial charge in [-0.1, -0.05) is 0 Å². The van der Waals surface area contributed by atoms with Gasteiger partial charge < -0.3 is 41.3 Å². The van der Waals surface area contributed by atoms with E-state index in [0.29, 0.717) is 0 Å². The fourth-order valence-electron chi connectivity index (χ4n) is 3.20. The molecule has 0 radical (unpaired) electrons. The van der Waals surface area contributed by atoms with Gasteiger partial charge in [-0.15, -0.1) is 0 Å². The molecule has 0 aromatic heterocycles. The van der Waals surface area contributed by atoms with Gasteiger partial charge in [0, 0.05) is 50.3 Å². The van der Waals surface area contributed by atoms with Crippen LogP contribution in [-0.2, 0) is 9.59 Å². The minimum Gasteiger partial charge on any atom is -0.480 e. The molecular formula is C16H32N4O8. The molecule has 0 unspecified atom stereocenters. The van der Waals surface area contributed by atoms with Crippen molar-refractivity contribution in [1.29, 1.82) is 0 Å². The predicted octanol–water partition coefficient (Wildman–Crippen LogP) is -4.60. The molecular weight excluding hydrogens is 376 g/mol. The van der Waals surface area contributed by atoms with Gasteiger partial charge in [-0.25, -0.2) is 0 Å². The van der Waals surface area contributed by atoms with Gasteiger partial charge in [0.05, 0.1) is 39.5 Å². The van der Waals surface area contributed by atoms with E-state index >= 15 is 0 Å². The number of carbonyl (C=O) groups is 2. The molecule has 8 N–H and O–H groups in total. The fourth-order valence-corrected chi connectivity index (χ4v) is 3.20. The van der Waals surface area contributed by atoms with Crippen LogP contribution < -0.4 is 10.6 Å². The topological polar surface area (TPSA) is 186 Å². The highest BCUT2D eigenvalue weighted by atomic mass is 16.4.